The lowest BCUT2D eigenvalue weighted by Gasteiger charge is -2.03. The van der Waals surface area contributed by atoms with Gasteiger partial charge in [0, 0.05) is 6.42 Å². The maximum absolute atomic E-state index is 8.73. The molecule has 0 unspecified atom stereocenters. The van der Waals surface area contributed by atoms with Crippen molar-refractivity contribution in [1.29, 1.82) is 5.26 Å². The van der Waals surface area contributed by atoms with E-state index >= 15 is 0 Å². The van der Waals surface area contributed by atoms with Crippen molar-refractivity contribution in [1.82, 2.24) is 9.97 Å². The Kier molecular flexibility index (Phi) is 13.2. The van der Waals surface area contributed by atoms with Crippen LogP contribution in [0.1, 0.15) is 115 Å². The Morgan fingerprint density at radius 1 is 0.792 bits per heavy atom. The van der Waals surface area contributed by atoms with Crippen LogP contribution in [-0.4, -0.2) is 9.97 Å². The van der Waals surface area contributed by atoms with E-state index in [0.717, 1.165) is 12.2 Å². The molecule has 0 saturated carbocycles. The third-order valence-electron chi connectivity index (χ3n) is 4.77. The molecule has 0 saturated heterocycles. The standard InChI is InChI=1S/C21H37N3/c1-2-3-4-5-6-7-8-9-10-11-12-13-14-15-16-17-21-23-19-20(18-22)24-21/h19H,2-17H2,1H3,(H,23,24). The van der Waals surface area contributed by atoms with Crippen molar-refractivity contribution in [3.63, 3.8) is 0 Å². The molecule has 0 radical (unpaired) electrons. The number of H-pyrrole nitrogens is 1. The Labute approximate surface area is 149 Å². The van der Waals surface area contributed by atoms with E-state index in [4.69, 9.17) is 5.26 Å². The van der Waals surface area contributed by atoms with Crippen LogP contribution in [0, 0.1) is 11.3 Å². The summed E-state index contributed by atoms with van der Waals surface area (Å²) in [6.07, 6.45) is 23.4. The Hall–Kier alpha value is -1.30. The third kappa shape index (κ3) is 11.3. The molecule has 24 heavy (non-hydrogen) atoms. The van der Waals surface area contributed by atoms with Crippen LogP contribution in [-0.2, 0) is 6.42 Å². The smallest absolute Gasteiger partial charge is 0.137 e. The van der Waals surface area contributed by atoms with Crippen molar-refractivity contribution in [2.24, 2.45) is 0 Å². The molecule has 3 heteroatoms. The van der Waals surface area contributed by atoms with E-state index in [2.05, 4.69) is 23.0 Å². The number of aromatic amines is 1. The Bertz CT molecular complexity index is 431. The number of imidazole rings is 1. The van der Waals surface area contributed by atoms with Crippen molar-refractivity contribution >= 4 is 0 Å². The fourth-order valence-electron chi connectivity index (χ4n) is 3.21. The maximum atomic E-state index is 8.73. The number of aromatic nitrogens is 2. The first-order valence-corrected chi connectivity index (χ1v) is 10.3. The number of nitrogens with zero attached hydrogens (tertiary/aromatic N) is 2. The van der Waals surface area contributed by atoms with E-state index in [0.29, 0.717) is 5.69 Å². The lowest BCUT2D eigenvalue weighted by atomic mass is 10.0. The normalized spacial score (nSPS) is 10.8. The average Bonchev–Trinajstić information content (AvgIpc) is 3.06. The number of hydrogen-bond acceptors (Lipinski definition) is 2. The van der Waals surface area contributed by atoms with E-state index < -0.39 is 0 Å². The molecular weight excluding hydrogens is 294 g/mol. The van der Waals surface area contributed by atoms with E-state index in [1.807, 2.05) is 0 Å². The van der Waals surface area contributed by atoms with Crippen LogP contribution in [0.5, 0.6) is 0 Å². The van der Waals surface area contributed by atoms with Crippen molar-refractivity contribution in [3.05, 3.63) is 17.7 Å². The highest BCUT2D eigenvalue weighted by Gasteiger charge is 1.99. The minimum Gasteiger partial charge on any atom is -0.334 e. The Morgan fingerprint density at radius 3 is 1.67 bits per heavy atom. The number of nitrogens with one attached hydrogen (secondary N) is 1. The summed E-state index contributed by atoms with van der Waals surface area (Å²) in [5.74, 6) is 0.959. The Morgan fingerprint density at radius 2 is 1.25 bits per heavy atom. The molecule has 0 aromatic carbocycles. The zero-order valence-corrected chi connectivity index (χ0v) is 15.8. The zero-order chi connectivity index (χ0) is 17.3. The third-order valence-corrected chi connectivity index (χ3v) is 4.77. The molecule has 1 heterocycles. The molecule has 136 valence electrons. The van der Waals surface area contributed by atoms with Gasteiger partial charge in [0.25, 0.3) is 0 Å². The fourth-order valence-corrected chi connectivity index (χ4v) is 3.21. The number of nitriles is 1. The van der Waals surface area contributed by atoms with Gasteiger partial charge in [0.1, 0.15) is 17.6 Å². The first-order valence-electron chi connectivity index (χ1n) is 10.3. The second kappa shape index (κ2) is 15.2. The van der Waals surface area contributed by atoms with E-state index in [1.54, 1.807) is 6.20 Å². The van der Waals surface area contributed by atoms with Crippen molar-refractivity contribution in [3.8, 4) is 6.07 Å². The topological polar surface area (TPSA) is 52.5 Å². The van der Waals surface area contributed by atoms with Crippen LogP contribution in [0.25, 0.3) is 0 Å². The summed E-state index contributed by atoms with van der Waals surface area (Å²) >= 11 is 0. The van der Waals surface area contributed by atoms with Gasteiger partial charge in [-0.2, -0.15) is 5.26 Å². The summed E-state index contributed by atoms with van der Waals surface area (Å²) < 4.78 is 0. The lowest BCUT2D eigenvalue weighted by molar-refractivity contribution is 0.531. The van der Waals surface area contributed by atoms with Crippen LogP contribution in [0.2, 0.25) is 0 Å². The second-order valence-corrected chi connectivity index (χ2v) is 7.06. The van der Waals surface area contributed by atoms with Crippen molar-refractivity contribution in [2.45, 2.75) is 110 Å². The predicted molar refractivity (Wildman–Crippen MR) is 102 cm³/mol. The lowest BCUT2D eigenvalue weighted by Crippen LogP contribution is -1.89. The highest BCUT2D eigenvalue weighted by molar-refractivity contribution is 5.17. The summed E-state index contributed by atoms with van der Waals surface area (Å²) in [6.45, 7) is 2.28. The quantitative estimate of drug-likeness (QED) is 0.343. The van der Waals surface area contributed by atoms with Crippen LogP contribution in [0.4, 0.5) is 0 Å². The maximum Gasteiger partial charge on any atom is 0.137 e. The summed E-state index contributed by atoms with van der Waals surface area (Å²) in [6, 6.07) is 2.08. The SMILES string of the molecule is CCCCCCCCCCCCCCCCCc1ncc(C#N)[nH]1. The monoisotopic (exact) mass is 331 g/mol. The van der Waals surface area contributed by atoms with Crippen LogP contribution >= 0.6 is 0 Å². The largest absolute Gasteiger partial charge is 0.334 e. The molecule has 1 aromatic rings. The van der Waals surface area contributed by atoms with E-state index in [-0.39, 0.29) is 0 Å². The highest BCUT2D eigenvalue weighted by atomic mass is 14.9. The molecular formula is C21H37N3. The van der Waals surface area contributed by atoms with Gasteiger partial charge in [-0.05, 0) is 6.42 Å². The highest BCUT2D eigenvalue weighted by Crippen LogP contribution is 2.13. The molecule has 1 rings (SSSR count). The molecule has 0 spiro atoms. The van der Waals surface area contributed by atoms with Gasteiger partial charge in [-0.15, -0.1) is 0 Å². The second-order valence-electron chi connectivity index (χ2n) is 7.06. The fraction of sp³-hybridized carbons (Fsp3) is 0.810. The van der Waals surface area contributed by atoms with Gasteiger partial charge >= 0.3 is 0 Å². The summed E-state index contributed by atoms with van der Waals surface area (Å²) in [5.41, 5.74) is 0.575. The minimum atomic E-state index is 0.575. The number of aryl methyl sites for hydroxylation is 1. The molecule has 0 bridgehead atoms. The molecule has 0 atom stereocenters. The Balaban J connectivity index is 1.75. The molecule has 0 aliphatic heterocycles. The summed E-state index contributed by atoms with van der Waals surface area (Å²) in [4.78, 5) is 7.25. The van der Waals surface area contributed by atoms with E-state index in [9.17, 15) is 0 Å². The van der Waals surface area contributed by atoms with Crippen LogP contribution in [0.15, 0.2) is 6.20 Å². The van der Waals surface area contributed by atoms with Crippen LogP contribution in [0.3, 0.4) is 0 Å². The molecule has 0 aliphatic rings. The minimum absolute atomic E-state index is 0.575. The molecule has 1 N–H and O–H groups in total. The molecule has 0 fully saturated rings. The van der Waals surface area contributed by atoms with Gasteiger partial charge < -0.3 is 4.98 Å². The zero-order valence-electron chi connectivity index (χ0n) is 15.8. The van der Waals surface area contributed by atoms with Gasteiger partial charge in [0.05, 0.1) is 6.20 Å². The average molecular weight is 332 g/mol. The van der Waals surface area contributed by atoms with Gasteiger partial charge in [0.15, 0.2) is 0 Å². The predicted octanol–water partition coefficient (Wildman–Crippen LogP) is 6.70. The van der Waals surface area contributed by atoms with Crippen molar-refractivity contribution < 1.29 is 0 Å². The molecule has 0 amide bonds. The summed E-state index contributed by atoms with van der Waals surface area (Å²) in [5, 5.41) is 8.73. The molecule has 0 aliphatic carbocycles. The van der Waals surface area contributed by atoms with Gasteiger partial charge in [-0.1, -0.05) is 96.8 Å². The molecule has 1 aromatic heterocycles. The van der Waals surface area contributed by atoms with Gasteiger partial charge in [-0.3, -0.25) is 0 Å². The van der Waals surface area contributed by atoms with E-state index in [1.165, 1.54) is 96.3 Å². The van der Waals surface area contributed by atoms with Crippen LogP contribution < -0.4 is 0 Å². The van der Waals surface area contributed by atoms with Gasteiger partial charge in [-0.25, -0.2) is 4.98 Å². The molecule has 3 nitrogen and oxygen atoms in total. The number of rotatable bonds is 16. The first-order chi connectivity index (χ1) is 11.9. The summed E-state index contributed by atoms with van der Waals surface area (Å²) in [7, 11) is 0. The first kappa shape index (κ1) is 20.7. The van der Waals surface area contributed by atoms with Gasteiger partial charge in [0.2, 0.25) is 0 Å². The van der Waals surface area contributed by atoms with Crippen molar-refractivity contribution in [2.75, 3.05) is 0 Å². The number of hydrogen-bond donors (Lipinski definition) is 1. The number of unbranched alkanes of at least 4 members (excludes halogenated alkanes) is 14.